The van der Waals surface area contributed by atoms with Gasteiger partial charge in [-0.2, -0.15) is 0 Å². The van der Waals surface area contributed by atoms with Crippen LogP contribution in [0, 0.1) is 3.57 Å². The molecule has 0 atom stereocenters. The molecule has 0 radical (unpaired) electrons. The van der Waals surface area contributed by atoms with Crippen molar-refractivity contribution in [3.05, 3.63) is 55.7 Å². The fraction of sp³-hybridized carbons (Fsp3) is 0.304. The molecule has 0 aliphatic carbocycles. The van der Waals surface area contributed by atoms with Crippen LogP contribution in [0.3, 0.4) is 0 Å². The van der Waals surface area contributed by atoms with E-state index in [4.69, 9.17) is 25.8 Å². The fourth-order valence-electron chi connectivity index (χ4n) is 3.09. The first-order valence-electron chi connectivity index (χ1n) is 9.87. The molecule has 32 heavy (non-hydrogen) atoms. The Bertz CT molecular complexity index is 1020. The number of methoxy groups -OCH3 is 3. The topological polar surface area (TPSA) is 77.1 Å². The normalized spacial score (nSPS) is 11.0. The third-order valence-corrected chi connectivity index (χ3v) is 5.74. The Labute approximate surface area is 206 Å². The molecular weight excluding hydrogens is 547 g/mol. The summed E-state index contributed by atoms with van der Waals surface area (Å²) in [7, 11) is 4.51. The standard InChI is InChI=1S/C23H26ClIN2O5/c1-6-27(7-2)23(29)18(26-22(28)16-13-15(25)9-10-17(16)24)12-14-8-11-19(30-3)21(32-5)20(14)31-4/h8-13H,6-7H2,1-5H3,(H,26,28). The molecule has 0 aliphatic rings. The van der Waals surface area contributed by atoms with Crippen molar-refractivity contribution in [2.24, 2.45) is 0 Å². The smallest absolute Gasteiger partial charge is 0.270 e. The predicted molar refractivity (Wildman–Crippen MR) is 134 cm³/mol. The Morgan fingerprint density at radius 1 is 1.03 bits per heavy atom. The van der Waals surface area contributed by atoms with E-state index in [1.54, 1.807) is 41.3 Å². The zero-order chi connectivity index (χ0) is 23.8. The molecular formula is C23H26ClIN2O5. The van der Waals surface area contributed by atoms with Gasteiger partial charge in [-0.1, -0.05) is 11.6 Å². The van der Waals surface area contributed by atoms with Crippen LogP contribution in [0.4, 0.5) is 0 Å². The van der Waals surface area contributed by atoms with Crippen molar-refractivity contribution in [1.82, 2.24) is 10.2 Å². The van der Waals surface area contributed by atoms with Gasteiger partial charge in [0.2, 0.25) is 5.75 Å². The van der Waals surface area contributed by atoms with Crippen LogP contribution in [0.5, 0.6) is 17.2 Å². The summed E-state index contributed by atoms with van der Waals surface area (Å²) in [5.41, 5.74) is 0.893. The van der Waals surface area contributed by atoms with Gasteiger partial charge in [-0.25, -0.2) is 0 Å². The van der Waals surface area contributed by atoms with Gasteiger partial charge in [0.1, 0.15) is 5.70 Å². The molecule has 2 amide bonds. The molecule has 9 heteroatoms. The number of halogens is 2. The maximum Gasteiger partial charge on any atom is 0.270 e. The molecule has 7 nitrogen and oxygen atoms in total. The molecule has 2 aromatic rings. The molecule has 2 rings (SSSR count). The van der Waals surface area contributed by atoms with E-state index in [-0.39, 0.29) is 17.2 Å². The maximum absolute atomic E-state index is 13.2. The van der Waals surface area contributed by atoms with Crippen LogP contribution in [-0.2, 0) is 4.79 Å². The Hall–Kier alpha value is -2.46. The molecule has 0 bridgehead atoms. The third-order valence-electron chi connectivity index (χ3n) is 4.74. The Balaban J connectivity index is 2.60. The second-order valence-corrected chi connectivity index (χ2v) is 8.19. The van der Waals surface area contributed by atoms with Gasteiger partial charge in [0.05, 0.1) is 31.9 Å². The minimum atomic E-state index is -0.486. The number of hydrogen-bond acceptors (Lipinski definition) is 5. The number of nitrogens with one attached hydrogen (secondary N) is 1. The number of carbonyl (C=O) groups is 2. The van der Waals surface area contributed by atoms with Crippen molar-refractivity contribution in [1.29, 1.82) is 0 Å². The summed E-state index contributed by atoms with van der Waals surface area (Å²) in [5.74, 6) is 0.415. The molecule has 0 heterocycles. The van der Waals surface area contributed by atoms with Crippen LogP contribution >= 0.6 is 34.2 Å². The number of amides is 2. The molecule has 0 saturated heterocycles. The lowest BCUT2D eigenvalue weighted by molar-refractivity contribution is -0.127. The van der Waals surface area contributed by atoms with Crippen molar-refractivity contribution in [2.75, 3.05) is 34.4 Å². The van der Waals surface area contributed by atoms with Crippen molar-refractivity contribution in [3.63, 3.8) is 0 Å². The average Bonchev–Trinajstić information content (AvgIpc) is 2.80. The summed E-state index contributed by atoms with van der Waals surface area (Å²) in [6.07, 6.45) is 1.56. The highest BCUT2D eigenvalue weighted by Gasteiger charge is 2.22. The molecule has 0 saturated carbocycles. The van der Waals surface area contributed by atoms with Gasteiger partial charge in [-0.15, -0.1) is 0 Å². The molecule has 1 N–H and O–H groups in total. The van der Waals surface area contributed by atoms with Crippen molar-refractivity contribution < 1.29 is 23.8 Å². The summed E-state index contributed by atoms with van der Waals surface area (Å²) >= 11 is 8.32. The lowest BCUT2D eigenvalue weighted by Gasteiger charge is -2.21. The van der Waals surface area contributed by atoms with E-state index in [9.17, 15) is 9.59 Å². The highest BCUT2D eigenvalue weighted by Crippen LogP contribution is 2.40. The molecule has 0 aliphatic heterocycles. The van der Waals surface area contributed by atoms with Gasteiger partial charge in [-0.05, 0) is 72.8 Å². The summed E-state index contributed by atoms with van der Waals surface area (Å²) < 4.78 is 17.1. The van der Waals surface area contributed by atoms with Crippen LogP contribution in [0.1, 0.15) is 29.8 Å². The molecule has 0 fully saturated rings. The van der Waals surface area contributed by atoms with Crippen LogP contribution in [0.25, 0.3) is 6.08 Å². The first-order valence-corrected chi connectivity index (χ1v) is 11.3. The number of carbonyl (C=O) groups excluding carboxylic acids is 2. The Morgan fingerprint density at radius 2 is 1.69 bits per heavy atom. The average molecular weight is 573 g/mol. The van der Waals surface area contributed by atoms with Crippen LogP contribution < -0.4 is 19.5 Å². The Morgan fingerprint density at radius 3 is 2.25 bits per heavy atom. The SMILES string of the molecule is CCN(CC)C(=O)C(=Cc1ccc(OC)c(OC)c1OC)NC(=O)c1cc(I)ccc1Cl. The van der Waals surface area contributed by atoms with Gasteiger partial charge in [0, 0.05) is 22.2 Å². The number of nitrogens with zero attached hydrogens (tertiary/aromatic N) is 1. The van der Waals surface area contributed by atoms with Crippen LogP contribution in [0.15, 0.2) is 36.0 Å². The molecule has 0 spiro atoms. The van der Waals surface area contributed by atoms with Crippen molar-refractivity contribution in [3.8, 4) is 17.2 Å². The van der Waals surface area contributed by atoms with Gasteiger partial charge >= 0.3 is 0 Å². The highest BCUT2D eigenvalue weighted by atomic mass is 127. The van der Waals surface area contributed by atoms with Crippen molar-refractivity contribution >= 4 is 52.1 Å². The van der Waals surface area contributed by atoms with E-state index in [0.29, 0.717) is 40.9 Å². The largest absolute Gasteiger partial charge is 0.493 e. The number of hydrogen-bond donors (Lipinski definition) is 1. The minimum Gasteiger partial charge on any atom is -0.493 e. The van der Waals surface area contributed by atoms with E-state index in [2.05, 4.69) is 27.9 Å². The zero-order valence-corrected chi connectivity index (χ0v) is 21.5. The zero-order valence-electron chi connectivity index (χ0n) is 18.6. The van der Waals surface area contributed by atoms with Crippen LogP contribution in [-0.4, -0.2) is 51.1 Å². The summed E-state index contributed by atoms with van der Waals surface area (Å²) in [5, 5.41) is 3.02. The summed E-state index contributed by atoms with van der Waals surface area (Å²) in [6.45, 7) is 4.70. The van der Waals surface area contributed by atoms with Crippen LogP contribution in [0.2, 0.25) is 5.02 Å². The second-order valence-electron chi connectivity index (χ2n) is 6.54. The highest BCUT2D eigenvalue weighted by molar-refractivity contribution is 14.1. The van der Waals surface area contributed by atoms with E-state index in [1.807, 2.05) is 13.8 Å². The summed E-state index contributed by atoms with van der Waals surface area (Å²) in [4.78, 5) is 27.8. The lowest BCUT2D eigenvalue weighted by atomic mass is 10.1. The summed E-state index contributed by atoms with van der Waals surface area (Å²) in [6, 6.07) is 8.52. The molecule has 172 valence electrons. The van der Waals surface area contributed by atoms with E-state index >= 15 is 0 Å². The van der Waals surface area contributed by atoms with Gasteiger partial charge in [-0.3, -0.25) is 9.59 Å². The number of ether oxygens (including phenoxy) is 3. The molecule has 2 aromatic carbocycles. The Kier molecular flexibility index (Phi) is 9.64. The van der Waals surface area contributed by atoms with Gasteiger partial charge in [0.15, 0.2) is 11.5 Å². The first kappa shape index (κ1) is 25.8. The molecule has 0 aromatic heterocycles. The number of likely N-dealkylation sites (N-methyl/N-ethyl adjacent to an activating group) is 1. The van der Waals surface area contributed by atoms with E-state index in [0.717, 1.165) is 3.57 Å². The van der Waals surface area contributed by atoms with E-state index < -0.39 is 5.91 Å². The molecule has 0 unspecified atom stereocenters. The monoisotopic (exact) mass is 572 g/mol. The van der Waals surface area contributed by atoms with E-state index in [1.165, 1.54) is 21.3 Å². The maximum atomic E-state index is 13.2. The minimum absolute atomic E-state index is 0.0825. The predicted octanol–water partition coefficient (Wildman–Crippen LogP) is 4.61. The number of rotatable bonds is 9. The lowest BCUT2D eigenvalue weighted by Crippen LogP contribution is -2.38. The quantitative estimate of drug-likeness (QED) is 0.351. The van der Waals surface area contributed by atoms with Gasteiger partial charge < -0.3 is 24.4 Å². The fourth-order valence-corrected chi connectivity index (χ4v) is 3.78. The first-order chi connectivity index (χ1) is 15.3. The second kappa shape index (κ2) is 12.0. The number of benzene rings is 2. The third kappa shape index (κ3) is 5.86. The van der Waals surface area contributed by atoms with Gasteiger partial charge in [0.25, 0.3) is 11.8 Å². The van der Waals surface area contributed by atoms with Crippen molar-refractivity contribution in [2.45, 2.75) is 13.8 Å².